The van der Waals surface area contributed by atoms with Crippen LogP contribution < -0.4 is 0 Å². The number of rotatable bonds is 1. The molecule has 2 aliphatic rings. The molecule has 0 radical (unpaired) electrons. The predicted octanol–water partition coefficient (Wildman–Crippen LogP) is 2.22. The third-order valence-corrected chi connectivity index (χ3v) is 3.42. The summed E-state index contributed by atoms with van der Waals surface area (Å²) in [5, 5.41) is 0. The molecular formula is C6H9I. The first kappa shape index (κ1) is 4.59. The molecule has 0 spiro atoms. The first-order valence-electron chi connectivity index (χ1n) is 3.02. The summed E-state index contributed by atoms with van der Waals surface area (Å²) in [6.07, 6.45) is 4.62. The van der Waals surface area contributed by atoms with E-state index in [2.05, 4.69) is 22.6 Å². The molecular weight excluding hydrogens is 199 g/mol. The van der Waals surface area contributed by atoms with Crippen molar-refractivity contribution in [2.45, 2.75) is 23.2 Å². The molecule has 0 saturated heterocycles. The minimum absolute atomic E-state index is 1.07. The van der Waals surface area contributed by atoms with E-state index in [-0.39, 0.29) is 0 Å². The summed E-state index contributed by atoms with van der Waals surface area (Å²) < 4.78 is 1.07. The second-order valence-electron chi connectivity index (χ2n) is 2.75. The molecule has 2 fully saturated rings. The fraction of sp³-hybridized carbons (Fsp3) is 1.00. The van der Waals surface area contributed by atoms with Crippen molar-refractivity contribution >= 4 is 22.6 Å². The summed E-state index contributed by atoms with van der Waals surface area (Å²) in [5.74, 6) is 2.35. The second kappa shape index (κ2) is 1.36. The van der Waals surface area contributed by atoms with Crippen LogP contribution in [0, 0.1) is 11.8 Å². The maximum absolute atomic E-state index is 2.57. The van der Waals surface area contributed by atoms with Gasteiger partial charge >= 0.3 is 0 Å². The van der Waals surface area contributed by atoms with Gasteiger partial charge in [0.2, 0.25) is 0 Å². The maximum atomic E-state index is 2.57. The summed E-state index contributed by atoms with van der Waals surface area (Å²) in [7, 11) is 0. The minimum atomic E-state index is 1.07. The van der Waals surface area contributed by atoms with Crippen molar-refractivity contribution in [1.82, 2.24) is 0 Å². The van der Waals surface area contributed by atoms with Gasteiger partial charge in [0.1, 0.15) is 0 Å². The highest BCUT2D eigenvalue weighted by atomic mass is 127. The van der Waals surface area contributed by atoms with E-state index in [9.17, 15) is 0 Å². The third kappa shape index (κ3) is 0.799. The molecule has 7 heavy (non-hydrogen) atoms. The van der Waals surface area contributed by atoms with Crippen molar-refractivity contribution < 1.29 is 0 Å². The molecule has 0 N–H and O–H groups in total. The fourth-order valence-corrected chi connectivity index (χ4v) is 2.37. The Morgan fingerprint density at radius 2 is 1.86 bits per heavy atom. The predicted molar refractivity (Wildman–Crippen MR) is 38.6 cm³/mol. The Balaban J connectivity index is 1.88. The molecule has 0 aromatic heterocycles. The molecule has 40 valence electrons. The molecule has 2 aliphatic carbocycles. The van der Waals surface area contributed by atoms with Crippen LogP contribution in [0.25, 0.3) is 0 Å². The highest BCUT2D eigenvalue weighted by Crippen LogP contribution is 2.53. The second-order valence-corrected chi connectivity index (χ2v) is 4.35. The lowest BCUT2D eigenvalue weighted by Crippen LogP contribution is -1.78. The molecule has 1 heteroatoms. The number of hydrogen-bond donors (Lipinski definition) is 0. The van der Waals surface area contributed by atoms with Crippen LogP contribution in [0.3, 0.4) is 0 Å². The lowest BCUT2D eigenvalue weighted by molar-refractivity contribution is 0.723. The van der Waals surface area contributed by atoms with E-state index in [1.165, 1.54) is 18.3 Å². The lowest BCUT2D eigenvalue weighted by atomic mass is 10.3. The number of hydrogen-bond acceptors (Lipinski definition) is 0. The highest BCUT2D eigenvalue weighted by molar-refractivity contribution is 14.1. The van der Waals surface area contributed by atoms with Gasteiger partial charge in [-0.05, 0) is 31.1 Å². The Hall–Kier alpha value is 0.730. The molecule has 2 atom stereocenters. The molecule has 0 aliphatic heterocycles. The van der Waals surface area contributed by atoms with E-state index in [0.717, 1.165) is 3.92 Å². The van der Waals surface area contributed by atoms with E-state index in [1.807, 2.05) is 0 Å². The van der Waals surface area contributed by atoms with Gasteiger partial charge in [-0.15, -0.1) is 0 Å². The first-order chi connectivity index (χ1) is 3.38. The van der Waals surface area contributed by atoms with Crippen molar-refractivity contribution in [2.24, 2.45) is 11.8 Å². The normalized spacial score (nSPS) is 49.3. The molecule has 2 saturated carbocycles. The highest BCUT2D eigenvalue weighted by Gasteiger charge is 2.45. The van der Waals surface area contributed by atoms with Crippen molar-refractivity contribution in [3.63, 3.8) is 0 Å². The molecule has 0 amide bonds. The van der Waals surface area contributed by atoms with Gasteiger partial charge in [-0.1, -0.05) is 22.6 Å². The smallest absolute Gasteiger partial charge is 0.0144 e. The van der Waals surface area contributed by atoms with Crippen LogP contribution in [0.4, 0.5) is 0 Å². The average Bonchev–Trinajstić information content (AvgIpc) is 2.23. The Morgan fingerprint density at radius 1 is 1.29 bits per heavy atom. The zero-order chi connectivity index (χ0) is 4.85. The van der Waals surface area contributed by atoms with E-state index < -0.39 is 0 Å². The molecule has 1 unspecified atom stereocenters. The van der Waals surface area contributed by atoms with Crippen LogP contribution in [-0.4, -0.2) is 3.92 Å². The van der Waals surface area contributed by atoms with Gasteiger partial charge in [-0.2, -0.15) is 0 Å². The Bertz CT molecular complexity index is 86.2. The number of halogens is 1. The van der Waals surface area contributed by atoms with Gasteiger partial charge in [-0.3, -0.25) is 0 Å². The molecule has 0 aromatic rings. The SMILES string of the molecule is I[C@@H]1CC1C1CC1. The average molecular weight is 208 g/mol. The summed E-state index contributed by atoms with van der Waals surface area (Å²) >= 11 is 2.57. The van der Waals surface area contributed by atoms with Gasteiger partial charge in [0, 0.05) is 3.92 Å². The Labute approximate surface area is 57.8 Å². The van der Waals surface area contributed by atoms with Crippen LogP contribution in [0.1, 0.15) is 19.3 Å². The van der Waals surface area contributed by atoms with E-state index in [1.54, 1.807) is 12.8 Å². The lowest BCUT2D eigenvalue weighted by Gasteiger charge is -1.81. The zero-order valence-corrected chi connectivity index (χ0v) is 6.39. The molecule has 2 rings (SSSR count). The standard InChI is InChI=1S/C6H9I/c7-6-3-5(6)4-1-2-4/h4-6H,1-3H2/t5?,6-/m1/s1. The van der Waals surface area contributed by atoms with Gasteiger partial charge in [0.25, 0.3) is 0 Å². The molecule has 0 aromatic carbocycles. The zero-order valence-electron chi connectivity index (χ0n) is 4.23. The fourth-order valence-electron chi connectivity index (χ4n) is 1.19. The van der Waals surface area contributed by atoms with Crippen molar-refractivity contribution in [3.8, 4) is 0 Å². The molecule has 0 bridgehead atoms. The van der Waals surface area contributed by atoms with E-state index in [4.69, 9.17) is 0 Å². The molecule has 0 heterocycles. The van der Waals surface area contributed by atoms with Crippen LogP contribution in [0.2, 0.25) is 0 Å². The van der Waals surface area contributed by atoms with Crippen LogP contribution >= 0.6 is 22.6 Å². The minimum Gasteiger partial charge on any atom is -0.0823 e. The summed E-state index contributed by atoms with van der Waals surface area (Å²) in [5.41, 5.74) is 0. The van der Waals surface area contributed by atoms with Crippen molar-refractivity contribution in [3.05, 3.63) is 0 Å². The van der Waals surface area contributed by atoms with Gasteiger partial charge in [0.15, 0.2) is 0 Å². The maximum Gasteiger partial charge on any atom is 0.0144 e. The first-order valence-corrected chi connectivity index (χ1v) is 4.26. The van der Waals surface area contributed by atoms with Gasteiger partial charge < -0.3 is 0 Å². The largest absolute Gasteiger partial charge is 0.0823 e. The third-order valence-electron chi connectivity index (χ3n) is 1.99. The van der Waals surface area contributed by atoms with Crippen LogP contribution in [0.15, 0.2) is 0 Å². The van der Waals surface area contributed by atoms with E-state index in [0.29, 0.717) is 0 Å². The summed E-state index contributed by atoms with van der Waals surface area (Å²) in [4.78, 5) is 0. The quantitative estimate of drug-likeness (QED) is 0.457. The number of alkyl halides is 1. The topological polar surface area (TPSA) is 0 Å². The van der Waals surface area contributed by atoms with Gasteiger partial charge in [-0.25, -0.2) is 0 Å². The monoisotopic (exact) mass is 208 g/mol. The van der Waals surface area contributed by atoms with E-state index >= 15 is 0 Å². The Morgan fingerprint density at radius 3 is 2.00 bits per heavy atom. The van der Waals surface area contributed by atoms with Crippen LogP contribution in [0.5, 0.6) is 0 Å². The molecule has 0 nitrogen and oxygen atoms in total. The summed E-state index contributed by atoms with van der Waals surface area (Å²) in [6.45, 7) is 0. The van der Waals surface area contributed by atoms with Crippen LogP contribution in [-0.2, 0) is 0 Å². The van der Waals surface area contributed by atoms with Gasteiger partial charge in [0.05, 0.1) is 0 Å². The van der Waals surface area contributed by atoms with Crippen molar-refractivity contribution in [2.75, 3.05) is 0 Å². The van der Waals surface area contributed by atoms with Crippen molar-refractivity contribution in [1.29, 1.82) is 0 Å². The summed E-state index contributed by atoms with van der Waals surface area (Å²) in [6, 6.07) is 0. The Kier molecular flexibility index (Phi) is 0.895.